The molecule has 0 bridgehead atoms. The molecule has 0 aromatic rings. The van der Waals surface area contributed by atoms with E-state index in [0.29, 0.717) is 0 Å². The van der Waals surface area contributed by atoms with E-state index in [9.17, 15) is 14.6 Å². The van der Waals surface area contributed by atoms with Crippen molar-refractivity contribution < 1.29 is 19.1 Å². The van der Waals surface area contributed by atoms with Crippen LogP contribution in [0.15, 0.2) is 12.2 Å². The topological polar surface area (TPSA) is 66.8 Å². The highest BCUT2D eigenvalue weighted by Gasteiger charge is 2.26. The van der Waals surface area contributed by atoms with E-state index in [1.165, 1.54) is 64.2 Å². The van der Waals surface area contributed by atoms with Gasteiger partial charge in [0.2, 0.25) is 0 Å². The average Bonchev–Trinajstić information content (AvgIpc) is 2.63. The Bertz CT molecular complexity index is 409. The lowest BCUT2D eigenvalue weighted by Crippen LogP contribution is -2.20. The number of allylic oxidation sites excluding steroid dienone is 1. The highest BCUT2D eigenvalue weighted by Crippen LogP contribution is 2.47. The molecule has 2 N–H and O–H groups in total. The van der Waals surface area contributed by atoms with Gasteiger partial charge in [-0.3, -0.25) is 4.57 Å². The molecule has 0 fully saturated rings. The van der Waals surface area contributed by atoms with Crippen molar-refractivity contribution in [2.45, 2.75) is 117 Å². The molecule has 0 aliphatic carbocycles. The lowest BCUT2D eigenvalue weighted by atomic mass is 10.0. The molecule has 0 spiro atoms. The van der Waals surface area contributed by atoms with Crippen LogP contribution in [0.5, 0.6) is 0 Å². The minimum Gasteiger partial charge on any atom is -0.389 e. The zero-order chi connectivity index (χ0) is 20.5. The second kappa shape index (κ2) is 16.8. The molecule has 0 aliphatic heterocycles. The Labute approximate surface area is 168 Å². The Hall–Kier alpha value is -0.150. The summed E-state index contributed by atoms with van der Waals surface area (Å²) < 4.78 is 16.9. The molecule has 27 heavy (non-hydrogen) atoms. The Morgan fingerprint density at radius 3 is 1.85 bits per heavy atom. The molecule has 0 amide bonds. The molecule has 0 aromatic carbocycles. The molecule has 0 heterocycles. The van der Waals surface area contributed by atoms with Crippen LogP contribution in [0.3, 0.4) is 0 Å². The molecule has 5 heteroatoms. The monoisotopic (exact) mass is 404 g/mol. The summed E-state index contributed by atoms with van der Waals surface area (Å²) in [5.41, 5.74) is -0.418. The maximum atomic E-state index is 11.8. The summed E-state index contributed by atoms with van der Waals surface area (Å²) in [6.07, 6.45) is 18.9. The third-order valence-corrected chi connectivity index (χ3v) is 6.89. The molecule has 0 rings (SSSR count). The van der Waals surface area contributed by atoms with Gasteiger partial charge in [-0.15, -0.1) is 0 Å². The van der Waals surface area contributed by atoms with Crippen molar-refractivity contribution in [1.29, 1.82) is 0 Å². The van der Waals surface area contributed by atoms with Crippen LogP contribution in [0.4, 0.5) is 0 Å². The Balaban J connectivity index is 3.60. The lowest BCUT2D eigenvalue weighted by Gasteiger charge is -2.20. The third kappa shape index (κ3) is 15.4. The molecule has 1 unspecified atom stereocenters. The largest absolute Gasteiger partial charge is 0.389 e. The molecular weight excluding hydrogens is 359 g/mol. The average molecular weight is 405 g/mol. The predicted molar refractivity (Wildman–Crippen MR) is 116 cm³/mol. The fourth-order valence-electron chi connectivity index (χ4n) is 2.82. The normalized spacial score (nSPS) is 16.7. The van der Waals surface area contributed by atoms with Crippen molar-refractivity contribution >= 4 is 7.60 Å². The fraction of sp³-hybridized carbons (Fsp3) is 0.909. The molecule has 0 aromatic heterocycles. The second-order valence-electron chi connectivity index (χ2n) is 8.17. The highest BCUT2D eigenvalue weighted by molar-refractivity contribution is 7.53. The quantitative estimate of drug-likeness (QED) is 0.149. The van der Waals surface area contributed by atoms with Crippen LogP contribution in [0.1, 0.15) is 105 Å². The van der Waals surface area contributed by atoms with Gasteiger partial charge in [0.25, 0.3) is 0 Å². The van der Waals surface area contributed by atoms with Gasteiger partial charge in [-0.2, -0.15) is 0 Å². The molecule has 3 atom stereocenters. The molecule has 0 saturated heterocycles. The summed E-state index contributed by atoms with van der Waals surface area (Å²) in [6, 6.07) is 0. The maximum absolute atomic E-state index is 11.8. The van der Waals surface area contributed by atoms with E-state index in [-0.39, 0.29) is 12.5 Å². The standard InChI is InChI=1S/C22H45O4P/c1-5-6-7-8-9-10-11-12-13-14-15-16-17-18-22(23)21(4)19-26-27(24,25)20(2)3/h17-18,20-23H,5-16,19H2,1-4H3,(H,24,25)/b18-17+/t21-,22+/m1/s1. The van der Waals surface area contributed by atoms with Crippen LogP contribution >= 0.6 is 7.60 Å². The van der Waals surface area contributed by atoms with Crippen molar-refractivity contribution in [2.75, 3.05) is 6.61 Å². The molecule has 162 valence electrons. The van der Waals surface area contributed by atoms with Crippen LogP contribution in [0.2, 0.25) is 0 Å². The van der Waals surface area contributed by atoms with Crippen LogP contribution in [0.25, 0.3) is 0 Å². The van der Waals surface area contributed by atoms with Crippen LogP contribution in [0, 0.1) is 5.92 Å². The van der Waals surface area contributed by atoms with Crippen molar-refractivity contribution in [2.24, 2.45) is 5.92 Å². The second-order valence-corrected chi connectivity index (χ2v) is 10.6. The van der Waals surface area contributed by atoms with E-state index < -0.39 is 19.4 Å². The molecule has 0 aliphatic rings. The van der Waals surface area contributed by atoms with E-state index in [1.807, 2.05) is 13.0 Å². The predicted octanol–water partition coefficient (Wildman–Crippen LogP) is 6.85. The first-order valence-electron chi connectivity index (χ1n) is 11.1. The van der Waals surface area contributed by atoms with Crippen LogP contribution < -0.4 is 0 Å². The van der Waals surface area contributed by atoms with Gasteiger partial charge >= 0.3 is 7.60 Å². The minimum absolute atomic E-state index is 0.0932. The molecular formula is C22H45O4P. The van der Waals surface area contributed by atoms with E-state index in [1.54, 1.807) is 19.9 Å². The number of unbranched alkanes of at least 4 members (excludes halogenated alkanes) is 11. The Kier molecular flexibility index (Phi) is 16.7. The van der Waals surface area contributed by atoms with Gasteiger partial charge in [0.15, 0.2) is 0 Å². The van der Waals surface area contributed by atoms with Gasteiger partial charge in [-0.1, -0.05) is 104 Å². The summed E-state index contributed by atoms with van der Waals surface area (Å²) >= 11 is 0. The third-order valence-electron chi connectivity index (χ3n) is 5.07. The molecule has 0 saturated carbocycles. The maximum Gasteiger partial charge on any atom is 0.330 e. The number of aliphatic hydroxyl groups excluding tert-OH is 1. The van der Waals surface area contributed by atoms with Crippen LogP contribution in [-0.4, -0.2) is 28.4 Å². The summed E-state index contributed by atoms with van der Waals surface area (Å²) in [7, 11) is -3.55. The van der Waals surface area contributed by atoms with Crippen molar-refractivity contribution in [3.8, 4) is 0 Å². The van der Waals surface area contributed by atoms with E-state index in [4.69, 9.17) is 4.52 Å². The Morgan fingerprint density at radius 2 is 1.37 bits per heavy atom. The SMILES string of the molecule is CCCCCCCCCCCCC/C=C/[C@H](O)[C@H](C)COP(=O)(O)C(C)C. The first kappa shape index (κ1) is 26.9. The smallest absolute Gasteiger partial charge is 0.330 e. The van der Waals surface area contributed by atoms with E-state index in [0.717, 1.165) is 12.8 Å². The number of hydrogen-bond donors (Lipinski definition) is 2. The fourth-order valence-corrected chi connectivity index (χ4v) is 3.57. The van der Waals surface area contributed by atoms with Gasteiger partial charge in [0.1, 0.15) is 0 Å². The zero-order valence-electron chi connectivity index (χ0n) is 18.2. The number of aliphatic hydroxyl groups is 1. The van der Waals surface area contributed by atoms with Crippen molar-refractivity contribution in [3.63, 3.8) is 0 Å². The van der Waals surface area contributed by atoms with Gasteiger partial charge in [0.05, 0.1) is 18.4 Å². The summed E-state index contributed by atoms with van der Waals surface area (Å²) in [5.74, 6) is -0.196. The van der Waals surface area contributed by atoms with E-state index >= 15 is 0 Å². The number of hydrogen-bond acceptors (Lipinski definition) is 3. The summed E-state index contributed by atoms with van der Waals surface area (Å²) in [5, 5.41) is 10.1. The van der Waals surface area contributed by atoms with Crippen molar-refractivity contribution in [3.05, 3.63) is 12.2 Å². The molecule has 0 radical (unpaired) electrons. The lowest BCUT2D eigenvalue weighted by molar-refractivity contribution is 0.113. The minimum atomic E-state index is -3.55. The Morgan fingerprint density at radius 1 is 0.889 bits per heavy atom. The van der Waals surface area contributed by atoms with Gasteiger partial charge in [-0.05, 0) is 12.8 Å². The molecule has 4 nitrogen and oxygen atoms in total. The van der Waals surface area contributed by atoms with Gasteiger partial charge < -0.3 is 14.5 Å². The van der Waals surface area contributed by atoms with E-state index in [2.05, 4.69) is 6.92 Å². The highest BCUT2D eigenvalue weighted by atomic mass is 31.2. The first-order chi connectivity index (χ1) is 12.8. The first-order valence-corrected chi connectivity index (χ1v) is 12.8. The van der Waals surface area contributed by atoms with Crippen molar-refractivity contribution in [1.82, 2.24) is 0 Å². The summed E-state index contributed by atoms with van der Waals surface area (Å²) in [4.78, 5) is 9.65. The number of rotatable bonds is 18. The zero-order valence-corrected chi connectivity index (χ0v) is 19.1. The van der Waals surface area contributed by atoms with Gasteiger partial charge in [-0.25, -0.2) is 0 Å². The van der Waals surface area contributed by atoms with Gasteiger partial charge in [0, 0.05) is 5.92 Å². The van der Waals surface area contributed by atoms with Crippen LogP contribution in [-0.2, 0) is 9.09 Å². The summed E-state index contributed by atoms with van der Waals surface area (Å²) in [6.45, 7) is 7.51.